The number of rotatable bonds is 6. The molecule has 1 fully saturated rings. The molecule has 0 aliphatic heterocycles. The Kier molecular flexibility index (Phi) is 10.8. The topological polar surface area (TPSA) is 81.2 Å². The van der Waals surface area contributed by atoms with Gasteiger partial charge in [0.1, 0.15) is 28.4 Å². The number of hydrogen-bond donors (Lipinski definition) is 1. The van der Waals surface area contributed by atoms with Gasteiger partial charge in [-0.1, -0.05) is 38.1 Å². The van der Waals surface area contributed by atoms with E-state index in [9.17, 15) is 17.8 Å². The van der Waals surface area contributed by atoms with Crippen LogP contribution in [0.15, 0.2) is 84.0 Å². The molecule has 2 aliphatic rings. The summed E-state index contributed by atoms with van der Waals surface area (Å²) in [7, 11) is 0.375. The van der Waals surface area contributed by atoms with Crippen molar-refractivity contribution >= 4 is 22.6 Å². The maximum Gasteiger partial charge on any atom is 0.231 e. The molecule has 42 heavy (non-hydrogen) atoms. The van der Waals surface area contributed by atoms with Crippen molar-refractivity contribution in [3.63, 3.8) is 0 Å². The summed E-state index contributed by atoms with van der Waals surface area (Å²) in [5, 5.41) is 4.99. The number of hydrogen-bond acceptors (Lipinski definition) is 3. The number of anilines is 1. The van der Waals surface area contributed by atoms with E-state index >= 15 is 0 Å². The van der Waals surface area contributed by atoms with Crippen LogP contribution in [0.1, 0.15) is 61.5 Å². The molecule has 2 aliphatic carbocycles. The first-order valence-electron chi connectivity index (χ1n) is 14.4. The van der Waals surface area contributed by atoms with E-state index in [1.807, 2.05) is 36.6 Å². The van der Waals surface area contributed by atoms with Crippen molar-refractivity contribution in [3.05, 3.63) is 113 Å². The fraction of sp³-hybridized carbons (Fsp3) is 0.333. The number of carbonyl (C=O) groups excluding carboxylic acids is 1. The van der Waals surface area contributed by atoms with Gasteiger partial charge in [0.05, 0.1) is 11.4 Å². The van der Waals surface area contributed by atoms with E-state index in [0.29, 0.717) is 11.4 Å². The molecular weight excluding hydrogens is 554 g/mol. The second-order valence-corrected chi connectivity index (χ2v) is 11.4. The molecular formula is C33H38F2N4O2S. The predicted octanol–water partition coefficient (Wildman–Crippen LogP) is 6.61. The highest BCUT2D eigenvalue weighted by Crippen LogP contribution is 2.49. The zero-order valence-corrected chi connectivity index (χ0v) is 25.1. The van der Waals surface area contributed by atoms with Crippen molar-refractivity contribution in [1.82, 2.24) is 9.55 Å². The van der Waals surface area contributed by atoms with Crippen molar-refractivity contribution in [3.8, 4) is 0 Å². The van der Waals surface area contributed by atoms with Gasteiger partial charge >= 0.3 is 0 Å². The molecule has 0 saturated heterocycles. The van der Waals surface area contributed by atoms with Crippen LogP contribution in [0.2, 0.25) is 0 Å². The number of carbonyl (C=O) groups is 1. The van der Waals surface area contributed by atoms with Crippen LogP contribution < -0.4 is 10.0 Å². The summed E-state index contributed by atoms with van der Waals surface area (Å²) in [6.45, 7) is 4.45. The Balaban J connectivity index is 0.000000285. The van der Waals surface area contributed by atoms with Crippen molar-refractivity contribution in [2.75, 3.05) is 4.90 Å². The maximum absolute atomic E-state index is 13.6. The second-order valence-electron chi connectivity index (χ2n) is 10.3. The van der Waals surface area contributed by atoms with Crippen LogP contribution in [0.4, 0.5) is 14.5 Å². The van der Waals surface area contributed by atoms with E-state index < -0.39 is 16.8 Å². The summed E-state index contributed by atoms with van der Waals surface area (Å²) in [5.41, 5.74) is 4.76. The lowest BCUT2D eigenvalue weighted by Crippen LogP contribution is -2.33. The molecule has 1 amide bonds. The number of fused-ring (bicyclic) bond motifs is 1. The molecule has 0 radical (unpaired) electrons. The third-order valence-electron chi connectivity index (χ3n) is 7.56. The maximum atomic E-state index is 13.6. The Hall–Kier alpha value is -3.69. The quantitative estimate of drug-likeness (QED) is 0.274. The number of benzene rings is 3. The van der Waals surface area contributed by atoms with Crippen molar-refractivity contribution < 1.29 is 17.8 Å². The normalized spacial score (nSPS) is 17.5. The molecule has 6 nitrogen and oxygen atoms in total. The van der Waals surface area contributed by atoms with E-state index in [2.05, 4.69) is 23.2 Å². The van der Waals surface area contributed by atoms with Gasteiger partial charge in [0.25, 0.3) is 0 Å². The third-order valence-corrected chi connectivity index (χ3v) is 8.28. The first-order chi connectivity index (χ1) is 20.3. The largest absolute Gasteiger partial charge is 0.337 e. The standard InChI is InChI=1S/C25H26FN3O.C6H6FNOS.C2H6/c1-28-13-12-27-24(28)16-29(21-11-8-17-4-2-3-5-19(17)14-21)25(30)23-15-22(23)18-6-9-20(26)10-7-18;7-5-2-1-3-6(4-5)10(8)9;1-2/h6-14,22-23H,2-5,15-16H2,1H3;1-4H,8H2;1-2H3. The Morgan fingerprint density at radius 3 is 2.33 bits per heavy atom. The van der Waals surface area contributed by atoms with Gasteiger partial charge in [-0.15, -0.1) is 0 Å². The van der Waals surface area contributed by atoms with Crippen molar-refractivity contribution in [2.24, 2.45) is 18.1 Å². The summed E-state index contributed by atoms with van der Waals surface area (Å²) in [6, 6.07) is 18.4. The molecule has 9 heteroatoms. The van der Waals surface area contributed by atoms with Crippen LogP contribution in [0.5, 0.6) is 0 Å². The van der Waals surface area contributed by atoms with Gasteiger partial charge in [-0.05, 0) is 97.2 Å². The highest BCUT2D eigenvalue weighted by molar-refractivity contribution is 7.82. The average molecular weight is 593 g/mol. The van der Waals surface area contributed by atoms with Crippen LogP contribution >= 0.6 is 0 Å². The Labute approximate surface area is 249 Å². The summed E-state index contributed by atoms with van der Waals surface area (Å²) in [5.74, 6) is 0.429. The number of aromatic nitrogens is 2. The van der Waals surface area contributed by atoms with Crippen molar-refractivity contribution in [1.29, 1.82) is 0 Å². The molecule has 1 aromatic heterocycles. The van der Waals surface area contributed by atoms with Gasteiger partial charge in [0, 0.05) is 31.0 Å². The van der Waals surface area contributed by atoms with Gasteiger partial charge in [-0.25, -0.2) is 23.1 Å². The SMILES string of the molecule is CC.Cn1ccnc1CN(C(=O)C1CC1c1ccc(F)cc1)c1ccc2c(c1)CCCC2.NS(=O)c1cccc(F)c1. The molecule has 1 saturated carbocycles. The predicted molar refractivity (Wildman–Crippen MR) is 163 cm³/mol. The minimum absolute atomic E-state index is 0.0632. The van der Waals surface area contributed by atoms with Crippen molar-refractivity contribution in [2.45, 2.75) is 63.3 Å². The van der Waals surface area contributed by atoms with E-state index in [-0.39, 0.29) is 23.6 Å². The number of halogens is 2. The molecule has 4 aromatic rings. The smallest absolute Gasteiger partial charge is 0.231 e. The third kappa shape index (κ3) is 7.77. The zero-order chi connectivity index (χ0) is 30.2. The Morgan fingerprint density at radius 2 is 1.71 bits per heavy atom. The monoisotopic (exact) mass is 592 g/mol. The minimum Gasteiger partial charge on any atom is -0.337 e. The Bertz CT molecular complexity index is 1520. The lowest BCUT2D eigenvalue weighted by molar-refractivity contribution is -0.120. The van der Waals surface area contributed by atoms with Crippen LogP contribution in [-0.2, 0) is 42.2 Å². The summed E-state index contributed by atoms with van der Waals surface area (Å²) in [6.07, 6.45) is 9.13. The number of amides is 1. The first kappa shape index (κ1) is 31.3. The number of nitrogens with zero attached hydrogens (tertiary/aromatic N) is 3. The van der Waals surface area contributed by atoms with Gasteiger partial charge in [-0.2, -0.15) is 0 Å². The number of nitrogens with two attached hydrogens (primary N) is 1. The van der Waals surface area contributed by atoms with E-state index in [4.69, 9.17) is 5.14 Å². The first-order valence-corrected chi connectivity index (χ1v) is 15.6. The van der Waals surface area contributed by atoms with Gasteiger partial charge in [-0.3, -0.25) is 4.79 Å². The number of imidazole rings is 1. The Morgan fingerprint density at radius 1 is 1.00 bits per heavy atom. The highest BCUT2D eigenvalue weighted by Gasteiger charge is 2.46. The fourth-order valence-corrected chi connectivity index (χ4v) is 5.65. The van der Waals surface area contributed by atoms with E-state index in [1.54, 1.807) is 18.3 Å². The second kappa shape index (κ2) is 14.5. The van der Waals surface area contributed by atoms with Gasteiger partial charge in [0.2, 0.25) is 5.91 Å². The molecule has 1 heterocycles. The summed E-state index contributed by atoms with van der Waals surface area (Å²) in [4.78, 5) is 20.2. The molecule has 6 rings (SSSR count). The molecule has 3 unspecified atom stereocenters. The molecule has 222 valence electrons. The van der Waals surface area contributed by atoms with E-state index in [1.165, 1.54) is 54.3 Å². The molecule has 0 spiro atoms. The molecule has 2 N–H and O–H groups in total. The fourth-order valence-electron chi connectivity index (χ4n) is 5.21. The van der Waals surface area contributed by atoms with Crippen LogP contribution in [-0.4, -0.2) is 19.7 Å². The number of aryl methyl sites for hydroxylation is 3. The van der Waals surface area contributed by atoms with E-state index in [0.717, 1.165) is 42.4 Å². The lowest BCUT2D eigenvalue weighted by Gasteiger charge is -2.25. The lowest BCUT2D eigenvalue weighted by atomic mass is 9.91. The highest BCUT2D eigenvalue weighted by atomic mass is 32.2. The molecule has 3 aromatic carbocycles. The van der Waals surface area contributed by atoms with Crippen LogP contribution in [0.3, 0.4) is 0 Å². The minimum atomic E-state index is -1.58. The average Bonchev–Trinajstić information content (AvgIpc) is 3.71. The van der Waals surface area contributed by atoms with Crippen LogP contribution in [0.25, 0.3) is 0 Å². The summed E-state index contributed by atoms with van der Waals surface area (Å²) < 4.78 is 38.1. The van der Waals surface area contributed by atoms with Gasteiger partial charge in [0.15, 0.2) is 0 Å². The molecule has 0 bridgehead atoms. The van der Waals surface area contributed by atoms with Crippen LogP contribution in [0, 0.1) is 17.6 Å². The van der Waals surface area contributed by atoms with Gasteiger partial charge < -0.3 is 9.47 Å². The summed E-state index contributed by atoms with van der Waals surface area (Å²) >= 11 is 0. The molecule has 3 atom stereocenters. The zero-order valence-electron chi connectivity index (χ0n) is 24.3.